The van der Waals surface area contributed by atoms with Crippen molar-refractivity contribution in [2.75, 3.05) is 6.61 Å². The normalized spacial score (nSPS) is 14.9. The molecule has 7 atom stereocenters. The van der Waals surface area contributed by atoms with E-state index >= 15 is 0 Å². The molecule has 0 aromatic heterocycles. The summed E-state index contributed by atoms with van der Waals surface area (Å²) in [4.78, 5) is 88.8. The van der Waals surface area contributed by atoms with Crippen molar-refractivity contribution >= 4 is 41.5 Å². The van der Waals surface area contributed by atoms with Gasteiger partial charge in [0.1, 0.15) is 42.9 Å². The Bertz CT molecular complexity index is 1420. The number of alkyl carbamates (subject to hydrolysis) is 1. The molecule has 18 heteroatoms. The van der Waals surface area contributed by atoms with Crippen LogP contribution in [-0.2, 0) is 40.1 Å². The third kappa shape index (κ3) is 16.2. The molecule has 1 aromatic carbocycles. The zero-order valence-electron chi connectivity index (χ0n) is 30.3. The molecule has 0 heterocycles. The van der Waals surface area contributed by atoms with Gasteiger partial charge < -0.3 is 52.6 Å². The summed E-state index contributed by atoms with van der Waals surface area (Å²) in [5.41, 5.74) is 5.81. The molecule has 0 fully saturated rings. The number of nitriles is 1. The lowest BCUT2D eigenvalue weighted by atomic mass is 9.99. The Morgan fingerprint density at radius 2 is 1.35 bits per heavy atom. The third-order valence-electron chi connectivity index (χ3n) is 7.56. The van der Waals surface area contributed by atoms with Crippen molar-refractivity contribution in [2.24, 2.45) is 17.6 Å². The van der Waals surface area contributed by atoms with Gasteiger partial charge in [0.2, 0.25) is 35.4 Å². The number of hydrogen-bond acceptors (Lipinski definition) is 11. The number of rotatable bonds is 21. The van der Waals surface area contributed by atoms with Crippen molar-refractivity contribution in [2.45, 2.75) is 110 Å². The predicted octanol–water partition coefficient (Wildman–Crippen LogP) is -1.41. The molecule has 18 nitrogen and oxygen atoms in total. The second-order valence-electron chi connectivity index (χ2n) is 13.0. The molecule has 10 N–H and O–H groups in total. The van der Waals surface area contributed by atoms with Crippen LogP contribution in [0.25, 0.3) is 0 Å². The summed E-state index contributed by atoms with van der Waals surface area (Å²) in [5.74, 6) is -5.41. The van der Waals surface area contributed by atoms with Gasteiger partial charge in [0.05, 0.1) is 18.8 Å². The van der Waals surface area contributed by atoms with E-state index in [2.05, 4.69) is 31.9 Å². The summed E-state index contributed by atoms with van der Waals surface area (Å²) in [6.45, 7) is 8.40. The molecule has 52 heavy (non-hydrogen) atoms. The van der Waals surface area contributed by atoms with Gasteiger partial charge in [-0.3, -0.25) is 28.8 Å². The lowest BCUT2D eigenvalue weighted by molar-refractivity contribution is -0.136. The van der Waals surface area contributed by atoms with Gasteiger partial charge in [-0.25, -0.2) is 4.79 Å². The van der Waals surface area contributed by atoms with Gasteiger partial charge in [0.15, 0.2) is 0 Å². The highest BCUT2D eigenvalue weighted by Crippen LogP contribution is 2.10. The molecular formula is C34H52N8O10. The molecule has 1 rings (SSSR count). The Morgan fingerprint density at radius 3 is 1.87 bits per heavy atom. The van der Waals surface area contributed by atoms with Gasteiger partial charge in [-0.05, 0) is 44.1 Å². The van der Waals surface area contributed by atoms with E-state index in [4.69, 9.17) is 10.5 Å². The summed E-state index contributed by atoms with van der Waals surface area (Å²) in [7, 11) is 0. The molecule has 0 saturated carbocycles. The largest absolute Gasteiger partial charge is 0.445 e. The van der Waals surface area contributed by atoms with Crippen LogP contribution in [0.1, 0.15) is 66.4 Å². The number of hydrogen-bond donors (Lipinski definition) is 9. The molecule has 0 aliphatic carbocycles. The highest BCUT2D eigenvalue weighted by atomic mass is 16.5. The van der Waals surface area contributed by atoms with E-state index in [0.29, 0.717) is 5.56 Å². The fraction of sp³-hybridized carbons (Fsp3) is 0.588. The molecule has 0 saturated heterocycles. The number of amides is 7. The lowest BCUT2D eigenvalue weighted by Crippen LogP contribution is -2.61. The fourth-order valence-corrected chi connectivity index (χ4v) is 4.64. The lowest BCUT2D eigenvalue weighted by Gasteiger charge is -2.28. The number of ether oxygens (including phenoxy) is 1. The number of aliphatic hydroxyl groups excluding tert-OH is 2. The van der Waals surface area contributed by atoms with Crippen molar-refractivity contribution in [3.8, 4) is 6.07 Å². The van der Waals surface area contributed by atoms with E-state index in [0.717, 1.165) is 0 Å². The molecule has 0 bridgehead atoms. The Balaban J connectivity index is 2.89. The van der Waals surface area contributed by atoms with E-state index < -0.39 is 96.4 Å². The number of nitrogens with zero attached hydrogens (tertiary/aromatic N) is 1. The first kappa shape index (κ1) is 44.7. The van der Waals surface area contributed by atoms with Gasteiger partial charge in [-0.15, -0.1) is 0 Å². The van der Waals surface area contributed by atoms with E-state index in [1.165, 1.54) is 13.8 Å². The first-order chi connectivity index (χ1) is 24.4. The van der Waals surface area contributed by atoms with Crippen LogP contribution in [-0.4, -0.2) is 101 Å². The maximum absolute atomic E-state index is 13.4. The quantitative estimate of drug-likeness (QED) is 0.0708. The smallest absolute Gasteiger partial charge is 0.408 e. The first-order valence-corrected chi connectivity index (χ1v) is 16.9. The zero-order valence-corrected chi connectivity index (χ0v) is 30.3. The zero-order chi connectivity index (χ0) is 39.5. The summed E-state index contributed by atoms with van der Waals surface area (Å²) in [5, 5.41) is 43.8. The molecular weight excluding hydrogens is 680 g/mol. The van der Waals surface area contributed by atoms with E-state index in [-0.39, 0.29) is 31.8 Å². The molecule has 0 aliphatic rings. The van der Waals surface area contributed by atoms with Crippen LogP contribution >= 0.6 is 0 Å². The molecule has 7 amide bonds. The minimum absolute atomic E-state index is 0.0170. The van der Waals surface area contributed by atoms with Crippen molar-refractivity contribution in [3.05, 3.63) is 35.9 Å². The van der Waals surface area contributed by atoms with Gasteiger partial charge >= 0.3 is 6.09 Å². The van der Waals surface area contributed by atoms with E-state index in [1.807, 2.05) is 19.9 Å². The summed E-state index contributed by atoms with van der Waals surface area (Å²) >= 11 is 0. The van der Waals surface area contributed by atoms with Gasteiger partial charge in [-0.2, -0.15) is 5.26 Å². The molecule has 1 aromatic rings. The Morgan fingerprint density at radius 1 is 0.769 bits per heavy atom. The summed E-state index contributed by atoms with van der Waals surface area (Å²) in [6.07, 6.45) is -2.42. The highest BCUT2D eigenvalue weighted by Gasteiger charge is 2.33. The van der Waals surface area contributed by atoms with Crippen molar-refractivity contribution < 1.29 is 48.5 Å². The van der Waals surface area contributed by atoms with Crippen LogP contribution in [0.15, 0.2) is 30.3 Å². The number of carbonyl (C=O) groups excluding carboxylic acids is 7. The Hall–Kier alpha value is -5.28. The van der Waals surface area contributed by atoms with Crippen LogP contribution < -0.4 is 37.6 Å². The monoisotopic (exact) mass is 732 g/mol. The molecule has 0 aliphatic heterocycles. The minimum atomic E-state index is -1.61. The van der Waals surface area contributed by atoms with Crippen LogP contribution in [0.2, 0.25) is 0 Å². The topological polar surface area (TPSA) is 291 Å². The number of nitrogens with two attached hydrogens (primary N) is 1. The average molecular weight is 733 g/mol. The number of benzene rings is 1. The van der Waals surface area contributed by atoms with Gasteiger partial charge in [0.25, 0.3) is 0 Å². The van der Waals surface area contributed by atoms with Crippen LogP contribution in [0.5, 0.6) is 0 Å². The number of primary amides is 1. The van der Waals surface area contributed by atoms with E-state index in [9.17, 15) is 49.0 Å². The molecule has 288 valence electrons. The van der Waals surface area contributed by atoms with Crippen molar-refractivity contribution in [3.63, 3.8) is 0 Å². The average Bonchev–Trinajstić information content (AvgIpc) is 3.08. The SMILES string of the molecule is CC(C)C[C@H](NC(=O)[C@@H](NC(=O)[C@H](C)NC(=O)[C@H](CO)NC(=O)[C@@H](NC(=O)OCc1ccccc1)[C@@H](C)O)C(C)C)C(=O)N[C@H](C#N)CCC(N)=O. The van der Waals surface area contributed by atoms with Crippen LogP contribution in [0, 0.1) is 23.2 Å². The number of aliphatic hydroxyl groups is 2. The maximum atomic E-state index is 13.4. The molecule has 0 radical (unpaired) electrons. The highest BCUT2D eigenvalue weighted by molar-refractivity contribution is 5.96. The van der Waals surface area contributed by atoms with Crippen molar-refractivity contribution in [1.29, 1.82) is 5.26 Å². The summed E-state index contributed by atoms with van der Waals surface area (Å²) in [6, 6.07) is 2.81. The molecule has 0 unspecified atom stereocenters. The fourth-order valence-electron chi connectivity index (χ4n) is 4.64. The van der Waals surface area contributed by atoms with Crippen LogP contribution in [0.4, 0.5) is 4.79 Å². The Labute approximate surface area is 303 Å². The Kier molecular flexibility index (Phi) is 19.4. The maximum Gasteiger partial charge on any atom is 0.408 e. The van der Waals surface area contributed by atoms with E-state index in [1.54, 1.807) is 44.2 Å². The second kappa shape index (κ2) is 22.5. The number of nitrogens with one attached hydrogen (secondary N) is 6. The van der Waals surface area contributed by atoms with Gasteiger partial charge in [-0.1, -0.05) is 58.0 Å². The predicted molar refractivity (Wildman–Crippen MR) is 186 cm³/mol. The van der Waals surface area contributed by atoms with Crippen LogP contribution in [0.3, 0.4) is 0 Å². The van der Waals surface area contributed by atoms with Gasteiger partial charge in [0, 0.05) is 6.42 Å². The third-order valence-corrected chi connectivity index (χ3v) is 7.56. The number of carbonyl (C=O) groups is 7. The first-order valence-electron chi connectivity index (χ1n) is 16.9. The summed E-state index contributed by atoms with van der Waals surface area (Å²) < 4.78 is 5.08. The minimum Gasteiger partial charge on any atom is -0.445 e. The van der Waals surface area contributed by atoms with Crippen molar-refractivity contribution in [1.82, 2.24) is 31.9 Å². The second-order valence-corrected chi connectivity index (χ2v) is 13.0. The standard InChI is InChI=1S/C34H52N8O10/c1-18(2)14-24(30(47)38-23(15-35)12-13-26(36)45)39-32(49)27(19(3)4)41-29(46)20(5)37-31(48)25(16-43)40-33(50)28(21(6)44)42-34(51)52-17-22-10-8-7-9-11-22/h7-11,18-21,23-25,27-28,43-44H,12-14,16-17H2,1-6H3,(H2,36,45)(H,37,48)(H,38,47)(H,39,49)(H,40,50)(H,41,46)(H,42,51)/t20-,21+,23-,24-,25-,27-,28-/m0/s1. The molecule has 0 spiro atoms.